The zero-order valence-corrected chi connectivity index (χ0v) is 18.6. The van der Waals surface area contributed by atoms with Crippen LogP contribution in [0.3, 0.4) is 0 Å². The average Bonchev–Trinajstić information content (AvgIpc) is 3.38. The van der Waals surface area contributed by atoms with Gasteiger partial charge in [0, 0.05) is 18.5 Å². The summed E-state index contributed by atoms with van der Waals surface area (Å²) in [6.45, 7) is 1.28. The molecule has 3 N–H and O–H groups in total. The molecule has 2 aliphatic heterocycles. The van der Waals surface area contributed by atoms with Crippen LogP contribution in [0, 0.1) is 0 Å². The molecule has 1 aromatic carbocycles. The van der Waals surface area contributed by atoms with Crippen LogP contribution in [-0.4, -0.2) is 74.5 Å². The first-order chi connectivity index (χ1) is 16.5. The van der Waals surface area contributed by atoms with Crippen molar-refractivity contribution in [2.45, 2.75) is 44.4 Å². The number of carbonyl (C=O) groups is 4. The third-order valence-corrected chi connectivity index (χ3v) is 5.42. The first kappa shape index (κ1) is 25.8. The number of aromatic nitrogens is 3. The molecule has 1 saturated heterocycles. The van der Waals surface area contributed by atoms with Gasteiger partial charge in [0.05, 0.1) is 17.6 Å². The second-order valence-corrected chi connectivity index (χ2v) is 7.91. The summed E-state index contributed by atoms with van der Waals surface area (Å²) in [5, 5.41) is 20.9. The quantitative estimate of drug-likeness (QED) is 0.393. The van der Waals surface area contributed by atoms with Crippen LogP contribution in [0.15, 0.2) is 24.4 Å². The van der Waals surface area contributed by atoms with Crippen molar-refractivity contribution in [2.75, 3.05) is 13.6 Å². The molecular weight excluding hydrogens is 473 g/mol. The smallest absolute Gasteiger partial charge is 0.475 e. The number of hydrogen-bond acceptors (Lipinski definition) is 7. The summed E-state index contributed by atoms with van der Waals surface area (Å²) in [4.78, 5) is 46.8. The van der Waals surface area contributed by atoms with E-state index in [1.165, 1.54) is 0 Å². The Morgan fingerprint density at radius 2 is 2.00 bits per heavy atom. The molecule has 0 aliphatic carbocycles. The predicted molar refractivity (Wildman–Crippen MR) is 113 cm³/mol. The second-order valence-electron chi connectivity index (χ2n) is 7.91. The second kappa shape index (κ2) is 10.6. The predicted octanol–water partition coefficient (Wildman–Crippen LogP) is 0.814. The number of alkyl halides is 3. The zero-order valence-electron chi connectivity index (χ0n) is 18.6. The first-order valence-electron chi connectivity index (χ1n) is 10.6. The van der Waals surface area contributed by atoms with Crippen molar-refractivity contribution in [1.29, 1.82) is 0 Å². The number of nitrogens with zero attached hydrogens (tertiary/aromatic N) is 4. The average molecular weight is 496 g/mol. The number of nitrogens with one attached hydrogen (secondary N) is 2. The number of hydrogen-bond donors (Lipinski definition) is 3. The lowest BCUT2D eigenvalue weighted by atomic mass is 10.0. The summed E-state index contributed by atoms with van der Waals surface area (Å²) in [7, 11) is 1.91. The highest BCUT2D eigenvalue weighted by molar-refractivity contribution is 6.05. The molecule has 1 aromatic heterocycles. The van der Waals surface area contributed by atoms with Gasteiger partial charge in [-0.1, -0.05) is 11.3 Å². The minimum atomic E-state index is -5.08. The minimum Gasteiger partial charge on any atom is -0.475 e. The van der Waals surface area contributed by atoms with Crippen molar-refractivity contribution in [1.82, 2.24) is 30.5 Å². The van der Waals surface area contributed by atoms with Gasteiger partial charge in [0.1, 0.15) is 6.04 Å². The SMILES string of the molecule is CNCCCc1cn(-c2ccc3c(c2)C(=O)N(C2CCC(=O)NC2=O)C3)nn1.O=C(O)C(F)(F)F. The molecule has 3 heterocycles. The highest BCUT2D eigenvalue weighted by atomic mass is 19.4. The van der Waals surface area contributed by atoms with Crippen molar-refractivity contribution in [3.8, 4) is 5.69 Å². The van der Waals surface area contributed by atoms with E-state index in [9.17, 15) is 27.6 Å². The summed E-state index contributed by atoms with van der Waals surface area (Å²) >= 11 is 0. The first-order valence-corrected chi connectivity index (χ1v) is 10.6. The van der Waals surface area contributed by atoms with Gasteiger partial charge in [0.15, 0.2) is 0 Å². The van der Waals surface area contributed by atoms with Crippen molar-refractivity contribution in [3.63, 3.8) is 0 Å². The number of halogens is 3. The van der Waals surface area contributed by atoms with Gasteiger partial charge in [-0.05, 0) is 50.6 Å². The van der Waals surface area contributed by atoms with Gasteiger partial charge in [0.25, 0.3) is 5.91 Å². The molecule has 188 valence electrons. The van der Waals surface area contributed by atoms with Crippen LogP contribution in [0.25, 0.3) is 5.69 Å². The molecule has 0 saturated carbocycles. The van der Waals surface area contributed by atoms with E-state index in [-0.39, 0.29) is 18.2 Å². The van der Waals surface area contributed by atoms with E-state index in [1.807, 2.05) is 25.4 Å². The number of aryl methyl sites for hydroxylation is 1. The molecule has 0 radical (unpaired) electrons. The molecule has 11 nitrogen and oxygen atoms in total. The van der Waals surface area contributed by atoms with Crippen LogP contribution in [-0.2, 0) is 27.3 Å². The number of imide groups is 1. The lowest BCUT2D eigenvalue weighted by molar-refractivity contribution is -0.192. The largest absolute Gasteiger partial charge is 0.490 e. The molecule has 0 spiro atoms. The Hall–Kier alpha value is -3.81. The number of fused-ring (bicyclic) bond motifs is 1. The number of carbonyl (C=O) groups excluding carboxylic acids is 3. The van der Waals surface area contributed by atoms with Gasteiger partial charge in [-0.15, -0.1) is 5.10 Å². The van der Waals surface area contributed by atoms with E-state index < -0.39 is 24.1 Å². The molecule has 35 heavy (non-hydrogen) atoms. The third-order valence-electron chi connectivity index (χ3n) is 5.42. The van der Waals surface area contributed by atoms with Crippen molar-refractivity contribution in [2.24, 2.45) is 0 Å². The molecule has 3 amide bonds. The van der Waals surface area contributed by atoms with E-state index in [4.69, 9.17) is 9.90 Å². The molecule has 1 atom stereocenters. The van der Waals surface area contributed by atoms with Crippen molar-refractivity contribution >= 4 is 23.7 Å². The molecule has 14 heteroatoms. The molecule has 4 rings (SSSR count). The molecule has 1 fully saturated rings. The Kier molecular flexibility index (Phi) is 7.84. The van der Waals surface area contributed by atoms with Crippen molar-refractivity contribution < 1.29 is 37.5 Å². The van der Waals surface area contributed by atoms with E-state index in [0.717, 1.165) is 36.3 Å². The number of amides is 3. The number of carboxylic acid groups (broad SMARTS) is 1. The molecule has 2 aromatic rings. The maximum atomic E-state index is 12.9. The Morgan fingerprint density at radius 3 is 2.63 bits per heavy atom. The number of benzene rings is 1. The Morgan fingerprint density at radius 1 is 1.29 bits per heavy atom. The highest BCUT2D eigenvalue weighted by Gasteiger charge is 2.39. The molecule has 1 unspecified atom stereocenters. The van der Waals surface area contributed by atoms with Gasteiger partial charge in [-0.2, -0.15) is 13.2 Å². The summed E-state index contributed by atoms with van der Waals surface area (Å²) < 4.78 is 33.4. The molecule has 0 bridgehead atoms. The number of piperidine rings is 1. The Balaban J connectivity index is 0.000000429. The topological polar surface area (TPSA) is 147 Å². The highest BCUT2D eigenvalue weighted by Crippen LogP contribution is 2.29. The summed E-state index contributed by atoms with van der Waals surface area (Å²) in [5.41, 5.74) is 3.08. The lowest BCUT2D eigenvalue weighted by Crippen LogP contribution is -2.52. The minimum absolute atomic E-state index is 0.194. The van der Waals surface area contributed by atoms with Gasteiger partial charge in [-0.3, -0.25) is 19.7 Å². The zero-order chi connectivity index (χ0) is 25.8. The summed E-state index contributed by atoms with van der Waals surface area (Å²) in [5.74, 6) is -3.64. The molecule has 2 aliphatic rings. The fourth-order valence-corrected chi connectivity index (χ4v) is 3.67. The van der Waals surface area contributed by atoms with Gasteiger partial charge < -0.3 is 15.3 Å². The van der Waals surface area contributed by atoms with Crippen molar-refractivity contribution in [3.05, 3.63) is 41.2 Å². The standard InChI is InChI=1S/C19H22N6O3.C2HF3O2/c1-20-8-2-3-13-11-25(23-22-13)14-5-4-12-10-24(19(28)15(12)9-14)16-6-7-17(26)21-18(16)27;3-2(4,5)1(6)7/h4-5,9,11,16,20H,2-3,6-8,10H2,1H3,(H,21,26,27);(H,6,7). The van der Waals surface area contributed by atoms with Gasteiger partial charge in [0.2, 0.25) is 11.8 Å². The maximum Gasteiger partial charge on any atom is 0.490 e. The number of rotatable bonds is 6. The van der Waals surface area contributed by atoms with Crippen LogP contribution in [0.2, 0.25) is 0 Å². The van der Waals surface area contributed by atoms with E-state index in [1.54, 1.807) is 15.6 Å². The monoisotopic (exact) mass is 496 g/mol. The van der Waals surface area contributed by atoms with E-state index in [0.29, 0.717) is 18.5 Å². The van der Waals surface area contributed by atoms with Crippen LogP contribution in [0.4, 0.5) is 13.2 Å². The Bertz CT molecular complexity index is 1130. The number of aliphatic carboxylic acids is 1. The fraction of sp³-hybridized carbons (Fsp3) is 0.429. The summed E-state index contributed by atoms with van der Waals surface area (Å²) in [6, 6.07) is 4.96. The maximum absolute atomic E-state index is 12.9. The Labute approximate surface area is 197 Å². The number of carboxylic acids is 1. The lowest BCUT2D eigenvalue weighted by Gasteiger charge is -2.29. The van der Waals surface area contributed by atoms with Crippen LogP contribution >= 0.6 is 0 Å². The summed E-state index contributed by atoms with van der Waals surface area (Å²) in [6.07, 6.45) is -0.811. The third kappa shape index (κ3) is 6.20. The van der Waals surface area contributed by atoms with Gasteiger partial charge in [-0.25, -0.2) is 9.48 Å². The van der Waals surface area contributed by atoms with Crippen LogP contribution in [0.1, 0.15) is 40.9 Å². The fourth-order valence-electron chi connectivity index (χ4n) is 3.67. The normalized spacial score (nSPS) is 17.5. The molecular formula is C21H23F3N6O5. The van der Waals surface area contributed by atoms with E-state index >= 15 is 0 Å². The van der Waals surface area contributed by atoms with Gasteiger partial charge >= 0.3 is 12.1 Å². The van der Waals surface area contributed by atoms with Crippen LogP contribution < -0.4 is 10.6 Å². The van der Waals surface area contributed by atoms with E-state index in [2.05, 4.69) is 20.9 Å². The van der Waals surface area contributed by atoms with Crippen LogP contribution in [0.5, 0.6) is 0 Å².